The van der Waals surface area contributed by atoms with E-state index in [0.29, 0.717) is 5.82 Å². The van der Waals surface area contributed by atoms with Gasteiger partial charge in [-0.15, -0.1) is 0 Å². The number of aryl methyl sites for hydroxylation is 4. The van der Waals surface area contributed by atoms with Gasteiger partial charge in [0.2, 0.25) is 0 Å². The number of hydrogen-bond acceptors (Lipinski definition) is 2. The van der Waals surface area contributed by atoms with Crippen molar-refractivity contribution in [3.8, 4) is 11.1 Å². The zero-order chi connectivity index (χ0) is 12.6. The summed E-state index contributed by atoms with van der Waals surface area (Å²) < 4.78 is 0. The molecule has 1 heterocycles. The second-order valence-electron chi connectivity index (χ2n) is 4.62. The molecule has 0 bridgehead atoms. The number of aromatic nitrogens is 1. The molecule has 2 rings (SSSR count). The van der Waals surface area contributed by atoms with Gasteiger partial charge in [-0.3, -0.25) is 0 Å². The van der Waals surface area contributed by atoms with Crippen molar-refractivity contribution < 1.29 is 0 Å². The van der Waals surface area contributed by atoms with Crippen molar-refractivity contribution in [3.63, 3.8) is 0 Å². The summed E-state index contributed by atoms with van der Waals surface area (Å²) in [5.41, 5.74) is 13.0. The maximum Gasteiger partial charge on any atom is 0.123 e. The second kappa shape index (κ2) is 4.21. The van der Waals surface area contributed by atoms with Crippen molar-refractivity contribution in [2.75, 3.05) is 5.73 Å². The molecular formula is C15H18N2. The molecule has 2 N–H and O–H groups in total. The third-order valence-corrected chi connectivity index (χ3v) is 3.24. The second-order valence-corrected chi connectivity index (χ2v) is 4.62. The van der Waals surface area contributed by atoms with Crippen LogP contribution in [0.15, 0.2) is 24.3 Å². The Hall–Kier alpha value is -1.83. The molecular weight excluding hydrogens is 208 g/mol. The molecule has 0 saturated carbocycles. The van der Waals surface area contributed by atoms with Gasteiger partial charge in [0.15, 0.2) is 0 Å². The zero-order valence-electron chi connectivity index (χ0n) is 10.8. The highest BCUT2D eigenvalue weighted by atomic mass is 14.8. The Bertz CT molecular complexity index is 571. The number of benzene rings is 1. The Balaban J connectivity index is 2.64. The molecule has 17 heavy (non-hydrogen) atoms. The Labute approximate surface area is 103 Å². The quantitative estimate of drug-likeness (QED) is 0.807. The minimum atomic E-state index is 0.577. The molecule has 0 radical (unpaired) electrons. The molecule has 88 valence electrons. The highest BCUT2D eigenvalue weighted by Gasteiger charge is 2.08. The van der Waals surface area contributed by atoms with Crippen LogP contribution in [-0.4, -0.2) is 4.98 Å². The van der Waals surface area contributed by atoms with Gasteiger partial charge in [-0.05, 0) is 62.1 Å². The van der Waals surface area contributed by atoms with Gasteiger partial charge in [-0.25, -0.2) is 4.98 Å². The van der Waals surface area contributed by atoms with Crippen LogP contribution < -0.4 is 5.73 Å². The molecule has 2 heteroatoms. The van der Waals surface area contributed by atoms with Gasteiger partial charge in [-0.2, -0.15) is 0 Å². The summed E-state index contributed by atoms with van der Waals surface area (Å²) >= 11 is 0. The zero-order valence-corrected chi connectivity index (χ0v) is 10.8. The first-order chi connectivity index (χ1) is 7.99. The summed E-state index contributed by atoms with van der Waals surface area (Å²) in [5.74, 6) is 0.577. The lowest BCUT2D eigenvalue weighted by Gasteiger charge is -2.12. The van der Waals surface area contributed by atoms with E-state index in [9.17, 15) is 0 Å². The molecule has 0 unspecified atom stereocenters. The summed E-state index contributed by atoms with van der Waals surface area (Å²) in [5, 5.41) is 0. The first-order valence-corrected chi connectivity index (χ1v) is 5.80. The number of nitrogens with two attached hydrogens (primary N) is 1. The van der Waals surface area contributed by atoms with Gasteiger partial charge in [0, 0.05) is 11.3 Å². The topological polar surface area (TPSA) is 38.9 Å². The molecule has 2 nitrogen and oxygen atoms in total. The average molecular weight is 226 g/mol. The number of nitrogens with zero attached hydrogens (tertiary/aromatic N) is 1. The lowest BCUT2D eigenvalue weighted by Crippen LogP contribution is -1.96. The minimum absolute atomic E-state index is 0.577. The highest BCUT2D eigenvalue weighted by Crippen LogP contribution is 2.28. The molecule has 0 spiro atoms. The number of nitrogen functional groups attached to an aromatic ring is 1. The van der Waals surface area contributed by atoms with Crippen LogP contribution in [0.1, 0.15) is 22.4 Å². The van der Waals surface area contributed by atoms with Crippen LogP contribution in [0.5, 0.6) is 0 Å². The molecule has 0 saturated heterocycles. The van der Waals surface area contributed by atoms with E-state index >= 15 is 0 Å². The molecule has 0 atom stereocenters. The summed E-state index contributed by atoms with van der Waals surface area (Å²) in [4.78, 5) is 4.32. The van der Waals surface area contributed by atoms with Crippen LogP contribution in [0.4, 0.5) is 5.82 Å². The van der Waals surface area contributed by atoms with E-state index in [4.69, 9.17) is 5.73 Å². The van der Waals surface area contributed by atoms with Crippen molar-refractivity contribution in [1.29, 1.82) is 0 Å². The molecule has 1 aromatic heterocycles. The first kappa shape index (κ1) is 11.6. The number of pyridine rings is 1. The van der Waals surface area contributed by atoms with Gasteiger partial charge >= 0.3 is 0 Å². The fourth-order valence-electron chi connectivity index (χ4n) is 2.12. The first-order valence-electron chi connectivity index (χ1n) is 5.80. The molecule has 0 amide bonds. The van der Waals surface area contributed by atoms with E-state index in [-0.39, 0.29) is 0 Å². The van der Waals surface area contributed by atoms with Crippen LogP contribution in [0.2, 0.25) is 0 Å². The van der Waals surface area contributed by atoms with E-state index in [1.165, 1.54) is 27.8 Å². The van der Waals surface area contributed by atoms with Crippen molar-refractivity contribution in [2.45, 2.75) is 27.7 Å². The van der Waals surface area contributed by atoms with E-state index in [0.717, 1.165) is 5.69 Å². The minimum Gasteiger partial charge on any atom is -0.384 e. The maximum absolute atomic E-state index is 5.69. The van der Waals surface area contributed by atoms with Crippen LogP contribution in [-0.2, 0) is 0 Å². The summed E-state index contributed by atoms with van der Waals surface area (Å²) in [6, 6.07) is 8.36. The summed E-state index contributed by atoms with van der Waals surface area (Å²) in [6.45, 7) is 8.41. The van der Waals surface area contributed by atoms with Crippen molar-refractivity contribution >= 4 is 5.82 Å². The fraction of sp³-hybridized carbons (Fsp3) is 0.267. The lowest BCUT2D eigenvalue weighted by molar-refractivity contribution is 1.20. The van der Waals surface area contributed by atoms with Gasteiger partial charge in [0.05, 0.1) is 0 Å². The number of anilines is 1. The van der Waals surface area contributed by atoms with Crippen molar-refractivity contribution in [1.82, 2.24) is 4.98 Å². The molecule has 0 aliphatic rings. The summed E-state index contributed by atoms with van der Waals surface area (Å²) in [6.07, 6.45) is 0. The molecule has 2 aromatic rings. The van der Waals surface area contributed by atoms with Crippen molar-refractivity contribution in [2.24, 2.45) is 0 Å². The largest absolute Gasteiger partial charge is 0.384 e. The molecule has 0 aliphatic carbocycles. The number of hydrogen-bond donors (Lipinski definition) is 1. The van der Waals surface area contributed by atoms with Gasteiger partial charge in [0.25, 0.3) is 0 Å². The monoisotopic (exact) mass is 226 g/mol. The van der Waals surface area contributed by atoms with E-state index in [2.05, 4.69) is 44.0 Å². The van der Waals surface area contributed by atoms with E-state index < -0.39 is 0 Å². The SMILES string of the molecule is Cc1cc(C)c(-c2ccc(N)nc2C)cc1C. The third kappa shape index (κ3) is 2.16. The normalized spacial score (nSPS) is 10.6. The Morgan fingerprint density at radius 1 is 0.824 bits per heavy atom. The predicted octanol–water partition coefficient (Wildman–Crippen LogP) is 3.56. The van der Waals surface area contributed by atoms with E-state index in [1.807, 2.05) is 13.0 Å². The third-order valence-electron chi connectivity index (χ3n) is 3.24. The van der Waals surface area contributed by atoms with Crippen molar-refractivity contribution in [3.05, 3.63) is 46.6 Å². The highest BCUT2D eigenvalue weighted by molar-refractivity contribution is 5.71. The smallest absolute Gasteiger partial charge is 0.123 e. The van der Waals surface area contributed by atoms with Crippen LogP contribution in [0, 0.1) is 27.7 Å². The Morgan fingerprint density at radius 3 is 2.12 bits per heavy atom. The molecule has 0 aliphatic heterocycles. The number of rotatable bonds is 1. The van der Waals surface area contributed by atoms with Crippen LogP contribution >= 0.6 is 0 Å². The standard InChI is InChI=1S/C15H18N2/c1-9-7-11(3)14(8-10(9)2)13-5-6-15(16)17-12(13)4/h5-8H,1-4H3,(H2,16,17). The predicted molar refractivity (Wildman–Crippen MR) is 73.0 cm³/mol. The van der Waals surface area contributed by atoms with Gasteiger partial charge < -0.3 is 5.73 Å². The fourth-order valence-corrected chi connectivity index (χ4v) is 2.12. The van der Waals surface area contributed by atoms with Crippen LogP contribution in [0.25, 0.3) is 11.1 Å². The molecule has 1 aromatic carbocycles. The van der Waals surface area contributed by atoms with E-state index in [1.54, 1.807) is 0 Å². The molecule has 0 fully saturated rings. The van der Waals surface area contributed by atoms with Gasteiger partial charge in [-0.1, -0.05) is 12.1 Å². The average Bonchev–Trinajstić information content (AvgIpc) is 2.24. The maximum atomic E-state index is 5.69. The Kier molecular flexibility index (Phi) is 2.88. The van der Waals surface area contributed by atoms with Crippen LogP contribution in [0.3, 0.4) is 0 Å². The Morgan fingerprint density at radius 2 is 1.47 bits per heavy atom. The lowest BCUT2D eigenvalue weighted by atomic mass is 9.95. The summed E-state index contributed by atoms with van der Waals surface area (Å²) in [7, 11) is 0. The van der Waals surface area contributed by atoms with Gasteiger partial charge in [0.1, 0.15) is 5.82 Å².